The van der Waals surface area contributed by atoms with Crippen molar-refractivity contribution in [2.75, 3.05) is 32.1 Å². The highest BCUT2D eigenvalue weighted by Gasteiger charge is 2.25. The first kappa shape index (κ1) is 16.9. The summed E-state index contributed by atoms with van der Waals surface area (Å²) in [6.45, 7) is 2.14. The molecule has 2 fully saturated rings. The number of amides is 2. The van der Waals surface area contributed by atoms with Crippen LogP contribution in [0.25, 0.3) is 0 Å². The second-order valence-electron chi connectivity index (χ2n) is 6.45. The van der Waals surface area contributed by atoms with Crippen LogP contribution < -0.4 is 10.6 Å². The fourth-order valence-electron chi connectivity index (χ4n) is 3.32. The smallest absolute Gasteiger partial charge is 0.253 e. The van der Waals surface area contributed by atoms with Crippen LogP contribution in [0.1, 0.15) is 36.0 Å². The first-order valence-electron chi connectivity index (χ1n) is 8.66. The van der Waals surface area contributed by atoms with E-state index >= 15 is 0 Å². The van der Waals surface area contributed by atoms with Crippen molar-refractivity contribution >= 4 is 17.5 Å². The molecule has 2 aliphatic rings. The summed E-state index contributed by atoms with van der Waals surface area (Å²) in [4.78, 5) is 26.7. The lowest BCUT2D eigenvalue weighted by Crippen LogP contribution is -2.46. The van der Waals surface area contributed by atoms with Crippen molar-refractivity contribution < 1.29 is 14.3 Å². The maximum atomic E-state index is 12.7. The molecule has 130 valence electrons. The monoisotopic (exact) mass is 331 g/mol. The maximum Gasteiger partial charge on any atom is 0.253 e. The highest BCUT2D eigenvalue weighted by molar-refractivity contribution is 5.98. The molecule has 3 rings (SSSR count). The van der Waals surface area contributed by atoms with Crippen molar-refractivity contribution in [3.8, 4) is 0 Å². The SMILES string of the molecule is CNC1CCCN(C(=O)c2cccc(NC(=O)C3CCCO3)c2)C1. The third kappa shape index (κ3) is 3.94. The summed E-state index contributed by atoms with van der Waals surface area (Å²) in [6, 6.07) is 7.50. The Morgan fingerprint density at radius 2 is 2.12 bits per heavy atom. The molecule has 2 amide bonds. The van der Waals surface area contributed by atoms with Gasteiger partial charge in [-0.1, -0.05) is 6.07 Å². The summed E-state index contributed by atoms with van der Waals surface area (Å²) in [5.41, 5.74) is 1.25. The van der Waals surface area contributed by atoms with E-state index in [0.717, 1.165) is 38.8 Å². The lowest BCUT2D eigenvalue weighted by molar-refractivity contribution is -0.124. The standard InChI is InChI=1S/C18H25N3O3/c1-19-15-7-3-9-21(12-15)18(23)13-5-2-6-14(11-13)20-17(22)16-8-4-10-24-16/h2,5-6,11,15-16,19H,3-4,7-10,12H2,1H3,(H,20,22). The third-order valence-corrected chi connectivity index (χ3v) is 4.72. The Hall–Kier alpha value is -1.92. The summed E-state index contributed by atoms with van der Waals surface area (Å²) in [5, 5.41) is 6.10. The van der Waals surface area contributed by atoms with Crippen molar-refractivity contribution in [2.24, 2.45) is 0 Å². The Labute approximate surface area is 142 Å². The van der Waals surface area contributed by atoms with Crippen molar-refractivity contribution in [1.82, 2.24) is 10.2 Å². The number of ether oxygens (including phenoxy) is 1. The van der Waals surface area contributed by atoms with Gasteiger partial charge in [0, 0.05) is 37.0 Å². The van der Waals surface area contributed by atoms with Gasteiger partial charge in [-0.05, 0) is 50.9 Å². The number of hydrogen-bond acceptors (Lipinski definition) is 4. The number of likely N-dealkylation sites (N-methyl/N-ethyl adjacent to an activating group) is 1. The predicted octanol–water partition coefficient (Wildman–Crippen LogP) is 1.63. The number of anilines is 1. The van der Waals surface area contributed by atoms with Crippen LogP contribution in [0.2, 0.25) is 0 Å². The number of carbonyl (C=O) groups excluding carboxylic acids is 2. The van der Waals surface area contributed by atoms with Crippen molar-refractivity contribution in [3.63, 3.8) is 0 Å². The van der Waals surface area contributed by atoms with Gasteiger partial charge < -0.3 is 20.3 Å². The summed E-state index contributed by atoms with van der Waals surface area (Å²) in [7, 11) is 1.93. The van der Waals surface area contributed by atoms with Gasteiger partial charge >= 0.3 is 0 Å². The lowest BCUT2D eigenvalue weighted by Gasteiger charge is -2.32. The number of benzene rings is 1. The molecule has 0 radical (unpaired) electrons. The van der Waals surface area contributed by atoms with Gasteiger partial charge in [-0.3, -0.25) is 9.59 Å². The van der Waals surface area contributed by atoms with Crippen molar-refractivity contribution in [3.05, 3.63) is 29.8 Å². The minimum Gasteiger partial charge on any atom is -0.368 e. The molecule has 0 bridgehead atoms. The summed E-state index contributed by atoms with van der Waals surface area (Å²) in [6.07, 6.45) is 3.40. The number of hydrogen-bond donors (Lipinski definition) is 2. The van der Waals surface area contributed by atoms with Crippen LogP contribution in [0.3, 0.4) is 0 Å². The van der Waals surface area contributed by atoms with E-state index in [-0.39, 0.29) is 17.9 Å². The van der Waals surface area contributed by atoms with E-state index in [1.54, 1.807) is 24.3 Å². The highest BCUT2D eigenvalue weighted by Crippen LogP contribution is 2.18. The van der Waals surface area contributed by atoms with Gasteiger partial charge in [0.15, 0.2) is 0 Å². The van der Waals surface area contributed by atoms with E-state index in [0.29, 0.717) is 23.9 Å². The molecule has 1 aromatic carbocycles. The van der Waals surface area contributed by atoms with Gasteiger partial charge in [-0.2, -0.15) is 0 Å². The van der Waals surface area contributed by atoms with Crippen LogP contribution in [-0.2, 0) is 9.53 Å². The van der Waals surface area contributed by atoms with Crippen LogP contribution >= 0.6 is 0 Å². The van der Waals surface area contributed by atoms with E-state index in [1.165, 1.54) is 0 Å². The van der Waals surface area contributed by atoms with Crippen molar-refractivity contribution in [1.29, 1.82) is 0 Å². The third-order valence-electron chi connectivity index (χ3n) is 4.72. The van der Waals surface area contributed by atoms with Crippen LogP contribution in [0, 0.1) is 0 Å². The van der Waals surface area contributed by atoms with Crippen LogP contribution in [-0.4, -0.2) is 55.6 Å². The molecule has 2 saturated heterocycles. The molecular formula is C18H25N3O3. The Balaban J connectivity index is 1.65. The molecule has 24 heavy (non-hydrogen) atoms. The number of piperidine rings is 1. The quantitative estimate of drug-likeness (QED) is 0.880. The average molecular weight is 331 g/mol. The molecule has 2 aliphatic heterocycles. The number of nitrogens with zero attached hydrogens (tertiary/aromatic N) is 1. The van der Waals surface area contributed by atoms with E-state index in [9.17, 15) is 9.59 Å². The molecule has 2 unspecified atom stereocenters. The minimum atomic E-state index is -0.372. The second-order valence-corrected chi connectivity index (χ2v) is 6.45. The first-order chi connectivity index (χ1) is 11.7. The molecule has 0 aliphatic carbocycles. The normalized spacial score (nSPS) is 24.0. The molecule has 0 spiro atoms. The van der Waals surface area contributed by atoms with Crippen molar-refractivity contribution in [2.45, 2.75) is 37.8 Å². The lowest BCUT2D eigenvalue weighted by atomic mass is 10.0. The Morgan fingerprint density at radius 1 is 1.25 bits per heavy atom. The Kier molecular flexibility index (Phi) is 5.48. The van der Waals surface area contributed by atoms with Gasteiger partial charge in [0.25, 0.3) is 11.8 Å². The largest absolute Gasteiger partial charge is 0.368 e. The van der Waals surface area contributed by atoms with Gasteiger partial charge in [0.1, 0.15) is 6.10 Å². The number of nitrogens with one attached hydrogen (secondary N) is 2. The predicted molar refractivity (Wildman–Crippen MR) is 92.0 cm³/mol. The zero-order valence-corrected chi connectivity index (χ0v) is 14.1. The highest BCUT2D eigenvalue weighted by atomic mass is 16.5. The molecule has 2 heterocycles. The molecule has 0 aromatic heterocycles. The molecule has 0 saturated carbocycles. The molecule has 6 nitrogen and oxygen atoms in total. The van der Waals surface area contributed by atoms with Gasteiger partial charge in [-0.15, -0.1) is 0 Å². The topological polar surface area (TPSA) is 70.7 Å². The Morgan fingerprint density at radius 3 is 2.88 bits per heavy atom. The fourth-order valence-corrected chi connectivity index (χ4v) is 3.32. The van der Waals surface area contributed by atoms with E-state index < -0.39 is 0 Å². The van der Waals surface area contributed by atoms with Gasteiger partial charge in [0.2, 0.25) is 0 Å². The first-order valence-corrected chi connectivity index (χ1v) is 8.66. The molecule has 2 N–H and O–H groups in total. The van der Waals surface area contributed by atoms with E-state index in [1.807, 2.05) is 11.9 Å². The minimum absolute atomic E-state index is 0.0168. The van der Waals surface area contributed by atoms with E-state index in [2.05, 4.69) is 10.6 Å². The zero-order chi connectivity index (χ0) is 16.9. The van der Waals surface area contributed by atoms with Gasteiger partial charge in [0.05, 0.1) is 0 Å². The molecule has 6 heteroatoms. The van der Waals surface area contributed by atoms with Gasteiger partial charge in [-0.25, -0.2) is 0 Å². The summed E-state index contributed by atoms with van der Waals surface area (Å²) in [5.74, 6) is -0.117. The van der Waals surface area contributed by atoms with Crippen LogP contribution in [0.5, 0.6) is 0 Å². The maximum absolute atomic E-state index is 12.7. The Bertz CT molecular complexity index is 599. The molecule has 2 atom stereocenters. The van der Waals surface area contributed by atoms with E-state index in [4.69, 9.17) is 4.74 Å². The molecule has 1 aromatic rings. The average Bonchev–Trinajstić information content (AvgIpc) is 3.16. The van der Waals surface area contributed by atoms with Crippen LogP contribution in [0.4, 0.5) is 5.69 Å². The number of likely N-dealkylation sites (tertiary alicyclic amines) is 1. The van der Waals surface area contributed by atoms with Crippen LogP contribution in [0.15, 0.2) is 24.3 Å². The molecular weight excluding hydrogens is 306 g/mol. The summed E-state index contributed by atoms with van der Waals surface area (Å²) < 4.78 is 5.39. The second kappa shape index (κ2) is 7.77. The zero-order valence-electron chi connectivity index (χ0n) is 14.1. The number of rotatable bonds is 4. The summed E-state index contributed by atoms with van der Waals surface area (Å²) >= 11 is 0. The number of carbonyl (C=O) groups is 2. The fraction of sp³-hybridized carbons (Fsp3) is 0.556.